The quantitative estimate of drug-likeness (QED) is 0.427. The Labute approximate surface area is 252 Å². The Bertz CT molecular complexity index is 1320. The van der Waals surface area contributed by atoms with E-state index < -0.39 is 17.9 Å². The number of ether oxygens (including phenoxy) is 1. The van der Waals surface area contributed by atoms with Crippen LogP contribution in [0.2, 0.25) is 0 Å². The second-order valence-electron chi connectivity index (χ2n) is 11.6. The van der Waals surface area contributed by atoms with Gasteiger partial charge in [0.2, 0.25) is 5.91 Å². The van der Waals surface area contributed by atoms with E-state index in [9.17, 15) is 24.3 Å². The van der Waals surface area contributed by atoms with Gasteiger partial charge in [-0.3, -0.25) is 14.4 Å². The van der Waals surface area contributed by atoms with Gasteiger partial charge in [0.1, 0.15) is 0 Å². The van der Waals surface area contributed by atoms with Crippen LogP contribution in [0.25, 0.3) is 0 Å². The second-order valence-corrected chi connectivity index (χ2v) is 11.6. The molecule has 2 aromatic rings. The van der Waals surface area contributed by atoms with Crippen molar-refractivity contribution in [2.45, 2.75) is 45.1 Å². The fourth-order valence-electron chi connectivity index (χ4n) is 5.73. The number of benzene rings is 2. The van der Waals surface area contributed by atoms with Crippen molar-refractivity contribution >= 4 is 35.2 Å². The number of carbonyl (C=O) groups excluding carboxylic acids is 3. The minimum absolute atomic E-state index is 0.0279. The summed E-state index contributed by atoms with van der Waals surface area (Å²) in [5.74, 6) is -1.54. The van der Waals surface area contributed by atoms with Gasteiger partial charge < -0.3 is 35.2 Å². The number of hydrogen-bond acceptors (Lipinski definition) is 6. The summed E-state index contributed by atoms with van der Waals surface area (Å²) in [7, 11) is 0. The summed E-state index contributed by atoms with van der Waals surface area (Å²) in [5.41, 5.74) is 3.41. The summed E-state index contributed by atoms with van der Waals surface area (Å²) in [4.78, 5) is 57.1. The molecule has 2 aromatic carbocycles. The number of aryl methyl sites for hydroxylation is 1. The van der Waals surface area contributed by atoms with Gasteiger partial charge in [-0.2, -0.15) is 0 Å². The van der Waals surface area contributed by atoms with Crippen LogP contribution >= 0.6 is 0 Å². The maximum Gasteiger partial charge on any atom is 0.320 e. The molecular weight excluding hydrogens is 550 g/mol. The Kier molecular flexibility index (Phi) is 9.81. The van der Waals surface area contributed by atoms with Gasteiger partial charge in [0.25, 0.3) is 5.91 Å². The largest absolute Gasteiger partial charge is 0.481 e. The first kappa shape index (κ1) is 30.3. The summed E-state index contributed by atoms with van der Waals surface area (Å²) in [6.07, 6.45) is 3.22. The number of carboxylic acid groups (broad SMARTS) is 1. The maximum atomic E-state index is 13.4. The Balaban J connectivity index is 1.34. The van der Waals surface area contributed by atoms with Gasteiger partial charge in [0, 0.05) is 50.7 Å². The number of hydrogen-bond donors (Lipinski definition) is 3. The summed E-state index contributed by atoms with van der Waals surface area (Å²) in [6, 6.07) is 12.0. The van der Waals surface area contributed by atoms with Gasteiger partial charge in [0.15, 0.2) is 0 Å². The fourth-order valence-corrected chi connectivity index (χ4v) is 5.73. The molecule has 230 valence electrons. The lowest BCUT2D eigenvalue weighted by Crippen LogP contribution is -2.49. The lowest BCUT2D eigenvalue weighted by atomic mass is 9.85. The Morgan fingerprint density at radius 2 is 1.63 bits per heavy atom. The minimum Gasteiger partial charge on any atom is -0.481 e. The predicted octanol–water partition coefficient (Wildman–Crippen LogP) is 3.64. The third kappa shape index (κ3) is 7.64. The van der Waals surface area contributed by atoms with Crippen molar-refractivity contribution in [2.75, 3.05) is 62.7 Å². The van der Waals surface area contributed by atoms with Crippen LogP contribution in [-0.4, -0.2) is 91.2 Å². The predicted molar refractivity (Wildman–Crippen MR) is 162 cm³/mol. The van der Waals surface area contributed by atoms with Crippen molar-refractivity contribution in [3.63, 3.8) is 0 Å². The van der Waals surface area contributed by atoms with Crippen LogP contribution in [0.1, 0.15) is 59.6 Å². The van der Waals surface area contributed by atoms with Gasteiger partial charge in [0.05, 0.1) is 37.1 Å². The minimum atomic E-state index is -1.02. The Hall–Kier alpha value is -4.12. The number of morpholine rings is 1. The molecule has 0 spiro atoms. The van der Waals surface area contributed by atoms with Crippen molar-refractivity contribution in [3.8, 4) is 0 Å². The number of aliphatic carboxylic acids is 1. The molecule has 0 bridgehead atoms. The highest BCUT2D eigenvalue weighted by Crippen LogP contribution is 2.32. The number of urea groups is 1. The molecule has 1 aliphatic carbocycles. The van der Waals surface area contributed by atoms with Gasteiger partial charge in [-0.05, 0) is 49.9 Å². The molecule has 0 aromatic heterocycles. The molecule has 0 radical (unpaired) electrons. The number of carbonyl (C=O) groups is 4. The SMILES string of the molecule is Cc1ccc(C(CC(=O)O)NC(=O)c2ccc(N3CCCN(C(=O)N4CCOCC4)CC3)c(NC(=O)C3CCC3)c2)cc1. The summed E-state index contributed by atoms with van der Waals surface area (Å²) in [6.45, 7) is 6.70. The molecule has 1 atom stereocenters. The highest BCUT2D eigenvalue weighted by molar-refractivity contribution is 6.01. The zero-order valence-corrected chi connectivity index (χ0v) is 24.7. The molecule has 3 aliphatic rings. The van der Waals surface area contributed by atoms with Crippen molar-refractivity contribution in [1.82, 2.24) is 15.1 Å². The first-order chi connectivity index (χ1) is 20.8. The van der Waals surface area contributed by atoms with Crippen LogP contribution in [0.3, 0.4) is 0 Å². The molecule has 4 amide bonds. The van der Waals surface area contributed by atoms with Crippen LogP contribution < -0.4 is 15.5 Å². The van der Waals surface area contributed by atoms with E-state index in [0.717, 1.165) is 36.9 Å². The van der Waals surface area contributed by atoms with E-state index in [1.807, 2.05) is 47.1 Å². The van der Waals surface area contributed by atoms with Crippen molar-refractivity contribution in [2.24, 2.45) is 5.92 Å². The normalized spacial score (nSPS) is 18.3. The molecule has 3 N–H and O–H groups in total. The van der Waals surface area contributed by atoms with Crippen molar-refractivity contribution in [1.29, 1.82) is 0 Å². The molecule has 5 rings (SSSR count). The average Bonchev–Trinajstić information content (AvgIpc) is 3.22. The molecule has 11 nitrogen and oxygen atoms in total. The number of nitrogens with one attached hydrogen (secondary N) is 2. The molecular formula is C32H41N5O6. The van der Waals surface area contributed by atoms with Crippen LogP contribution in [0, 0.1) is 12.8 Å². The van der Waals surface area contributed by atoms with E-state index in [0.29, 0.717) is 69.3 Å². The standard InChI is InChI=1S/C32H41N5O6/c1-22-6-8-23(9-7-22)26(21-29(38)39)33-31(41)25-10-11-28(27(20-25)34-30(40)24-4-2-5-24)35-12-3-13-36(15-14-35)32(42)37-16-18-43-19-17-37/h6-11,20,24,26H,2-5,12-19,21H2,1H3,(H,33,41)(H,34,40)(H,38,39). The van der Waals surface area contributed by atoms with Crippen molar-refractivity contribution < 1.29 is 29.0 Å². The zero-order valence-electron chi connectivity index (χ0n) is 24.7. The van der Waals surface area contributed by atoms with E-state index in [1.54, 1.807) is 12.1 Å². The highest BCUT2D eigenvalue weighted by atomic mass is 16.5. The van der Waals surface area contributed by atoms with Gasteiger partial charge in [-0.25, -0.2) is 4.79 Å². The molecule has 2 aliphatic heterocycles. The summed E-state index contributed by atoms with van der Waals surface area (Å²) in [5, 5.41) is 15.5. The maximum absolute atomic E-state index is 13.4. The van der Waals surface area contributed by atoms with E-state index in [2.05, 4.69) is 15.5 Å². The zero-order chi connectivity index (χ0) is 30.3. The molecule has 2 saturated heterocycles. The van der Waals surface area contributed by atoms with E-state index in [4.69, 9.17) is 4.74 Å². The third-order valence-electron chi connectivity index (χ3n) is 8.55. The fraction of sp³-hybridized carbons (Fsp3) is 0.500. The topological polar surface area (TPSA) is 132 Å². The van der Waals surface area contributed by atoms with E-state index in [-0.39, 0.29) is 24.3 Å². The number of rotatable bonds is 8. The second kappa shape index (κ2) is 13.9. The third-order valence-corrected chi connectivity index (χ3v) is 8.55. The van der Waals surface area contributed by atoms with E-state index >= 15 is 0 Å². The summed E-state index contributed by atoms with van der Waals surface area (Å²) >= 11 is 0. The number of anilines is 2. The van der Waals surface area contributed by atoms with Crippen LogP contribution in [0.4, 0.5) is 16.2 Å². The van der Waals surface area contributed by atoms with Gasteiger partial charge >= 0.3 is 12.0 Å². The van der Waals surface area contributed by atoms with Gasteiger partial charge in [-0.1, -0.05) is 36.2 Å². The number of nitrogens with zero attached hydrogens (tertiary/aromatic N) is 3. The van der Waals surface area contributed by atoms with Crippen LogP contribution in [-0.2, 0) is 14.3 Å². The Morgan fingerprint density at radius 3 is 2.30 bits per heavy atom. The molecule has 1 saturated carbocycles. The Morgan fingerprint density at radius 1 is 0.907 bits per heavy atom. The smallest absolute Gasteiger partial charge is 0.320 e. The summed E-state index contributed by atoms with van der Waals surface area (Å²) < 4.78 is 5.39. The lowest BCUT2D eigenvalue weighted by Gasteiger charge is -2.32. The van der Waals surface area contributed by atoms with Crippen molar-refractivity contribution in [3.05, 3.63) is 59.2 Å². The highest BCUT2D eigenvalue weighted by Gasteiger charge is 2.29. The molecule has 3 fully saturated rings. The van der Waals surface area contributed by atoms with Gasteiger partial charge in [-0.15, -0.1) is 0 Å². The number of amides is 4. The number of carboxylic acids is 1. The molecule has 11 heteroatoms. The van der Waals surface area contributed by atoms with Crippen LogP contribution in [0.5, 0.6) is 0 Å². The lowest BCUT2D eigenvalue weighted by molar-refractivity contribution is -0.137. The molecule has 1 unspecified atom stereocenters. The van der Waals surface area contributed by atoms with Crippen LogP contribution in [0.15, 0.2) is 42.5 Å². The first-order valence-corrected chi connectivity index (χ1v) is 15.2. The molecule has 2 heterocycles. The van der Waals surface area contributed by atoms with E-state index in [1.165, 1.54) is 0 Å². The average molecular weight is 592 g/mol. The molecule has 43 heavy (non-hydrogen) atoms. The first-order valence-electron chi connectivity index (χ1n) is 15.2. The monoisotopic (exact) mass is 591 g/mol.